The summed E-state index contributed by atoms with van der Waals surface area (Å²) >= 11 is 0. The molecule has 170 valence electrons. The van der Waals surface area contributed by atoms with E-state index in [9.17, 15) is 4.79 Å². The highest BCUT2D eigenvalue weighted by atomic mass is 16.6. The molecule has 1 atom stereocenters. The largest absolute Gasteiger partial charge is 0.493 e. The predicted octanol–water partition coefficient (Wildman–Crippen LogP) is 6.00. The normalized spacial score (nSPS) is 16.7. The summed E-state index contributed by atoms with van der Waals surface area (Å²) in [6.07, 6.45) is 1.30. The molecule has 1 fully saturated rings. The zero-order valence-corrected chi connectivity index (χ0v) is 19.4. The van der Waals surface area contributed by atoms with Crippen molar-refractivity contribution in [3.8, 4) is 17.1 Å². The Balaban J connectivity index is 1.52. The van der Waals surface area contributed by atoms with Crippen LogP contribution >= 0.6 is 0 Å². The van der Waals surface area contributed by atoms with E-state index >= 15 is 0 Å². The number of ether oxygens (including phenoxy) is 2. The Hall–Kier alpha value is -3.09. The SMILES string of the molecule is CC(C)COc1ccc2cc(-c3noc(C4CCCN4C(=O)OC(C)(C)C)n3)ccc2c1. The fourth-order valence-corrected chi connectivity index (χ4v) is 3.77. The van der Waals surface area contributed by atoms with Crippen molar-refractivity contribution >= 4 is 16.9 Å². The van der Waals surface area contributed by atoms with Gasteiger partial charge in [0.05, 0.1) is 6.61 Å². The Morgan fingerprint density at radius 2 is 1.94 bits per heavy atom. The lowest BCUT2D eigenvalue weighted by atomic mass is 10.1. The molecule has 1 aromatic heterocycles. The van der Waals surface area contributed by atoms with E-state index in [0.717, 1.165) is 34.9 Å². The summed E-state index contributed by atoms with van der Waals surface area (Å²) in [4.78, 5) is 18.9. The monoisotopic (exact) mass is 437 g/mol. The summed E-state index contributed by atoms with van der Waals surface area (Å²) in [6, 6.07) is 11.8. The highest BCUT2D eigenvalue weighted by Crippen LogP contribution is 2.34. The van der Waals surface area contributed by atoms with Gasteiger partial charge in [-0.2, -0.15) is 4.98 Å². The Labute approximate surface area is 188 Å². The molecule has 1 aliphatic rings. The van der Waals surface area contributed by atoms with Crippen LogP contribution in [0.2, 0.25) is 0 Å². The van der Waals surface area contributed by atoms with Gasteiger partial charge in [0.1, 0.15) is 17.4 Å². The van der Waals surface area contributed by atoms with Crippen LogP contribution in [0.25, 0.3) is 22.2 Å². The Kier molecular flexibility index (Phi) is 6.09. The van der Waals surface area contributed by atoms with Gasteiger partial charge in [-0.25, -0.2) is 4.79 Å². The third kappa shape index (κ3) is 5.03. The van der Waals surface area contributed by atoms with Crippen molar-refractivity contribution in [2.24, 2.45) is 5.92 Å². The molecule has 1 amide bonds. The fourth-order valence-electron chi connectivity index (χ4n) is 3.77. The maximum absolute atomic E-state index is 12.6. The van der Waals surface area contributed by atoms with E-state index in [1.807, 2.05) is 57.2 Å². The van der Waals surface area contributed by atoms with Crippen molar-refractivity contribution < 1.29 is 18.8 Å². The molecule has 0 spiro atoms. The van der Waals surface area contributed by atoms with Crippen molar-refractivity contribution in [1.29, 1.82) is 0 Å². The second kappa shape index (κ2) is 8.81. The smallest absolute Gasteiger partial charge is 0.410 e. The minimum Gasteiger partial charge on any atom is -0.493 e. The number of hydrogen-bond donors (Lipinski definition) is 0. The molecule has 4 rings (SSSR count). The average Bonchev–Trinajstić information content (AvgIpc) is 3.40. The van der Waals surface area contributed by atoms with E-state index in [1.54, 1.807) is 4.90 Å². The number of carbonyl (C=O) groups is 1. The van der Waals surface area contributed by atoms with Gasteiger partial charge >= 0.3 is 6.09 Å². The number of fused-ring (bicyclic) bond motifs is 1. The van der Waals surface area contributed by atoms with Crippen LogP contribution in [0.4, 0.5) is 4.79 Å². The average molecular weight is 438 g/mol. The lowest BCUT2D eigenvalue weighted by Gasteiger charge is -2.26. The van der Waals surface area contributed by atoms with Crippen molar-refractivity contribution in [3.05, 3.63) is 42.3 Å². The van der Waals surface area contributed by atoms with Crippen LogP contribution in [0, 0.1) is 5.92 Å². The number of benzene rings is 2. The van der Waals surface area contributed by atoms with Gasteiger partial charge < -0.3 is 14.0 Å². The van der Waals surface area contributed by atoms with Gasteiger partial charge in [-0.1, -0.05) is 37.2 Å². The van der Waals surface area contributed by atoms with Crippen molar-refractivity contribution in [2.75, 3.05) is 13.2 Å². The number of nitrogens with zero attached hydrogens (tertiary/aromatic N) is 3. The maximum atomic E-state index is 12.6. The van der Waals surface area contributed by atoms with Gasteiger partial charge in [-0.05, 0) is 68.5 Å². The first-order valence-corrected chi connectivity index (χ1v) is 11.2. The third-order valence-corrected chi connectivity index (χ3v) is 5.26. The zero-order chi connectivity index (χ0) is 22.9. The molecule has 0 radical (unpaired) electrons. The second-order valence-electron chi connectivity index (χ2n) is 9.72. The number of amides is 1. The Morgan fingerprint density at radius 1 is 1.19 bits per heavy atom. The van der Waals surface area contributed by atoms with E-state index in [2.05, 4.69) is 24.0 Å². The number of carbonyl (C=O) groups excluding carboxylic acids is 1. The van der Waals surface area contributed by atoms with Crippen LogP contribution < -0.4 is 4.74 Å². The first kappa shape index (κ1) is 22.1. The van der Waals surface area contributed by atoms with Crippen LogP contribution in [-0.4, -0.2) is 39.9 Å². The topological polar surface area (TPSA) is 77.7 Å². The lowest BCUT2D eigenvalue weighted by Crippen LogP contribution is -2.36. The molecular weight excluding hydrogens is 406 g/mol. The zero-order valence-electron chi connectivity index (χ0n) is 19.4. The predicted molar refractivity (Wildman–Crippen MR) is 122 cm³/mol. The van der Waals surface area contributed by atoms with E-state index in [1.165, 1.54) is 0 Å². The summed E-state index contributed by atoms with van der Waals surface area (Å²) in [6.45, 7) is 11.2. The molecule has 0 N–H and O–H groups in total. The minimum atomic E-state index is -0.547. The standard InChI is InChI=1S/C25H31N3O4/c1-16(2)15-30-20-11-10-17-13-19(9-8-18(17)14-20)22-26-23(32-27-22)21-7-6-12-28(21)24(29)31-25(3,4)5/h8-11,13-14,16,21H,6-7,12,15H2,1-5H3. The number of likely N-dealkylation sites (tertiary alicyclic amines) is 1. The second-order valence-corrected chi connectivity index (χ2v) is 9.72. The molecule has 0 aliphatic carbocycles. The molecule has 3 aromatic rings. The van der Waals surface area contributed by atoms with Crippen LogP contribution in [0.1, 0.15) is 59.4 Å². The van der Waals surface area contributed by atoms with Crippen LogP contribution in [0.3, 0.4) is 0 Å². The van der Waals surface area contributed by atoms with Crippen molar-refractivity contribution in [1.82, 2.24) is 15.0 Å². The highest BCUT2D eigenvalue weighted by molar-refractivity contribution is 5.87. The molecule has 2 aromatic carbocycles. The van der Waals surface area contributed by atoms with E-state index in [-0.39, 0.29) is 12.1 Å². The summed E-state index contributed by atoms with van der Waals surface area (Å²) in [5.74, 6) is 2.30. The Bertz CT molecular complexity index is 1100. The van der Waals surface area contributed by atoms with Crippen molar-refractivity contribution in [2.45, 2.75) is 59.1 Å². The van der Waals surface area contributed by atoms with Gasteiger partial charge in [0, 0.05) is 12.1 Å². The van der Waals surface area contributed by atoms with Gasteiger partial charge in [0.2, 0.25) is 11.7 Å². The summed E-state index contributed by atoms with van der Waals surface area (Å²) in [5.41, 5.74) is 0.319. The Morgan fingerprint density at radius 3 is 2.69 bits per heavy atom. The summed E-state index contributed by atoms with van der Waals surface area (Å²) < 4.78 is 16.9. The first-order chi connectivity index (χ1) is 15.2. The van der Waals surface area contributed by atoms with E-state index in [4.69, 9.17) is 14.0 Å². The molecule has 0 bridgehead atoms. The van der Waals surface area contributed by atoms with Gasteiger partial charge in [0.15, 0.2) is 0 Å². The summed E-state index contributed by atoms with van der Waals surface area (Å²) in [5, 5.41) is 6.34. The molecule has 1 aliphatic heterocycles. The van der Waals surface area contributed by atoms with Crippen molar-refractivity contribution in [3.63, 3.8) is 0 Å². The quantitative estimate of drug-likeness (QED) is 0.487. The molecule has 1 saturated heterocycles. The van der Waals surface area contributed by atoms with Gasteiger partial charge in [0.25, 0.3) is 0 Å². The number of aromatic nitrogens is 2. The minimum absolute atomic E-state index is 0.257. The maximum Gasteiger partial charge on any atom is 0.410 e. The number of hydrogen-bond acceptors (Lipinski definition) is 6. The highest BCUT2D eigenvalue weighted by Gasteiger charge is 2.36. The summed E-state index contributed by atoms with van der Waals surface area (Å²) in [7, 11) is 0. The van der Waals surface area contributed by atoms with Crippen LogP contribution in [0.15, 0.2) is 40.9 Å². The van der Waals surface area contributed by atoms with Crippen LogP contribution in [-0.2, 0) is 4.74 Å². The first-order valence-electron chi connectivity index (χ1n) is 11.2. The lowest BCUT2D eigenvalue weighted by molar-refractivity contribution is 0.0199. The number of rotatable bonds is 5. The molecule has 7 heteroatoms. The molecule has 2 heterocycles. The van der Waals surface area contributed by atoms with E-state index < -0.39 is 5.60 Å². The molecule has 32 heavy (non-hydrogen) atoms. The van der Waals surface area contributed by atoms with Crippen LogP contribution in [0.5, 0.6) is 5.75 Å². The third-order valence-electron chi connectivity index (χ3n) is 5.26. The van der Waals surface area contributed by atoms with Gasteiger partial charge in [-0.3, -0.25) is 4.90 Å². The molecular formula is C25H31N3O4. The van der Waals surface area contributed by atoms with E-state index in [0.29, 0.717) is 30.8 Å². The molecule has 0 saturated carbocycles. The molecule has 1 unspecified atom stereocenters. The van der Waals surface area contributed by atoms with Gasteiger partial charge in [-0.15, -0.1) is 0 Å². The fraction of sp³-hybridized carbons (Fsp3) is 0.480. The molecule has 7 nitrogen and oxygen atoms in total.